The van der Waals surface area contributed by atoms with Crippen LogP contribution in [0.25, 0.3) is 0 Å². The second-order valence-electron chi connectivity index (χ2n) is 7.23. The second kappa shape index (κ2) is 8.21. The van der Waals surface area contributed by atoms with E-state index in [1.165, 1.54) is 5.56 Å². The first-order valence-electron chi connectivity index (χ1n) is 9.33. The molecule has 1 aromatic heterocycles. The Kier molecular flexibility index (Phi) is 5.73. The lowest BCUT2D eigenvalue weighted by Crippen LogP contribution is -2.27. The summed E-state index contributed by atoms with van der Waals surface area (Å²) in [6.45, 7) is 8.54. The van der Waals surface area contributed by atoms with E-state index in [-0.39, 0.29) is 5.91 Å². The summed E-state index contributed by atoms with van der Waals surface area (Å²) in [6, 6.07) is 15.9. The minimum atomic E-state index is -0.130. The van der Waals surface area contributed by atoms with Gasteiger partial charge in [0.2, 0.25) is 0 Å². The predicted molar refractivity (Wildman–Crippen MR) is 113 cm³/mol. The van der Waals surface area contributed by atoms with Crippen LogP contribution in [0.3, 0.4) is 0 Å². The van der Waals surface area contributed by atoms with Crippen molar-refractivity contribution in [2.24, 2.45) is 0 Å². The molecule has 0 aliphatic heterocycles. The lowest BCUT2D eigenvalue weighted by molar-refractivity contribution is 0.0779. The minimum absolute atomic E-state index is 0.130. The number of amides is 1. The number of carbonyl (C=O) groups excluding carboxylic acids is 1. The molecule has 0 atom stereocenters. The third-order valence-electron chi connectivity index (χ3n) is 4.60. The second-order valence-corrected chi connectivity index (χ2v) is 7.23. The van der Waals surface area contributed by atoms with Crippen LogP contribution >= 0.6 is 0 Å². The van der Waals surface area contributed by atoms with E-state index in [2.05, 4.69) is 48.2 Å². The van der Waals surface area contributed by atoms with E-state index in [0.717, 1.165) is 22.4 Å². The fourth-order valence-electron chi connectivity index (χ4n) is 3.37. The van der Waals surface area contributed by atoms with Crippen molar-refractivity contribution in [1.82, 2.24) is 14.9 Å². The Labute approximate surface area is 166 Å². The number of rotatable bonds is 5. The normalized spacial score (nSPS) is 10.6. The fraction of sp³-hybridized carbons (Fsp3) is 0.261. The highest BCUT2D eigenvalue weighted by Crippen LogP contribution is 2.25. The quantitative estimate of drug-likeness (QED) is 0.702. The number of nitrogens with one attached hydrogen (secondary N) is 1. The largest absolute Gasteiger partial charge is 0.340 e. The van der Waals surface area contributed by atoms with Gasteiger partial charge in [-0.1, -0.05) is 48.0 Å². The summed E-state index contributed by atoms with van der Waals surface area (Å²) in [4.78, 5) is 23.4. The molecule has 0 spiro atoms. The van der Waals surface area contributed by atoms with Gasteiger partial charge in [0.15, 0.2) is 0 Å². The third kappa shape index (κ3) is 4.55. The van der Waals surface area contributed by atoms with Gasteiger partial charge in [-0.15, -0.1) is 0 Å². The van der Waals surface area contributed by atoms with E-state index < -0.39 is 0 Å². The zero-order valence-corrected chi connectivity index (χ0v) is 17.1. The Morgan fingerprint density at radius 3 is 2.25 bits per heavy atom. The van der Waals surface area contributed by atoms with Crippen molar-refractivity contribution in [3.8, 4) is 0 Å². The van der Waals surface area contributed by atoms with Crippen LogP contribution in [0.1, 0.15) is 38.6 Å². The standard InChI is InChI=1S/C23H26N4O/c1-15-11-16(2)22(17(3)12-15)26-21-13-20(24-18(4)25-21)23(28)27(5)14-19-9-7-6-8-10-19/h6-13H,14H2,1-5H3,(H,24,25,26). The Bertz CT molecular complexity index is 976. The van der Waals surface area contributed by atoms with Gasteiger partial charge in [-0.25, -0.2) is 9.97 Å². The first-order chi connectivity index (χ1) is 13.3. The van der Waals surface area contributed by atoms with Gasteiger partial charge in [0.1, 0.15) is 17.3 Å². The molecule has 0 saturated heterocycles. The highest BCUT2D eigenvalue weighted by Gasteiger charge is 2.16. The molecule has 5 heteroatoms. The summed E-state index contributed by atoms with van der Waals surface area (Å²) in [7, 11) is 1.79. The summed E-state index contributed by atoms with van der Waals surface area (Å²) >= 11 is 0. The first-order valence-corrected chi connectivity index (χ1v) is 9.33. The third-order valence-corrected chi connectivity index (χ3v) is 4.60. The summed E-state index contributed by atoms with van der Waals surface area (Å²) in [5, 5.41) is 3.37. The topological polar surface area (TPSA) is 58.1 Å². The van der Waals surface area contributed by atoms with Crippen LogP contribution in [0.15, 0.2) is 48.5 Å². The van der Waals surface area contributed by atoms with Crippen molar-refractivity contribution in [2.75, 3.05) is 12.4 Å². The van der Waals surface area contributed by atoms with E-state index in [9.17, 15) is 4.79 Å². The van der Waals surface area contributed by atoms with Crippen molar-refractivity contribution in [3.63, 3.8) is 0 Å². The Morgan fingerprint density at radius 2 is 1.61 bits per heavy atom. The molecule has 2 aromatic carbocycles. The SMILES string of the molecule is Cc1cc(C)c(Nc2cc(C(=O)N(C)Cc3ccccc3)nc(C)n2)c(C)c1. The van der Waals surface area contributed by atoms with Crippen molar-refractivity contribution in [1.29, 1.82) is 0 Å². The lowest BCUT2D eigenvalue weighted by Gasteiger charge is -2.18. The number of benzene rings is 2. The van der Waals surface area contributed by atoms with Crippen LogP contribution in [0, 0.1) is 27.7 Å². The molecule has 3 rings (SSSR count). The van der Waals surface area contributed by atoms with E-state index in [1.807, 2.05) is 30.3 Å². The number of carbonyl (C=O) groups is 1. The molecule has 0 aliphatic carbocycles. The molecule has 0 fully saturated rings. The monoisotopic (exact) mass is 374 g/mol. The molecule has 0 radical (unpaired) electrons. The van der Waals surface area contributed by atoms with Crippen LogP contribution in [-0.4, -0.2) is 27.8 Å². The van der Waals surface area contributed by atoms with Gasteiger partial charge in [0, 0.05) is 25.3 Å². The first kappa shape index (κ1) is 19.5. The molecule has 0 saturated carbocycles. The number of aromatic nitrogens is 2. The predicted octanol–water partition coefficient (Wildman–Crippen LogP) is 4.73. The average Bonchev–Trinajstić information content (AvgIpc) is 2.64. The number of anilines is 2. The van der Waals surface area contributed by atoms with Gasteiger partial charge in [0.25, 0.3) is 5.91 Å². The Balaban J connectivity index is 1.84. The molecule has 0 aliphatic rings. The maximum atomic E-state index is 12.9. The molecule has 28 heavy (non-hydrogen) atoms. The van der Waals surface area contributed by atoms with Gasteiger partial charge in [-0.05, 0) is 44.4 Å². The van der Waals surface area contributed by atoms with Crippen LogP contribution < -0.4 is 5.32 Å². The van der Waals surface area contributed by atoms with Gasteiger partial charge in [0.05, 0.1) is 0 Å². The molecule has 3 aromatic rings. The Morgan fingerprint density at radius 1 is 0.964 bits per heavy atom. The van der Waals surface area contributed by atoms with Gasteiger partial charge in [-0.3, -0.25) is 4.79 Å². The number of nitrogens with zero attached hydrogens (tertiary/aromatic N) is 3. The maximum Gasteiger partial charge on any atom is 0.272 e. The number of aryl methyl sites for hydroxylation is 4. The zero-order valence-electron chi connectivity index (χ0n) is 17.1. The lowest BCUT2D eigenvalue weighted by atomic mass is 10.1. The van der Waals surface area contributed by atoms with Crippen molar-refractivity contribution in [3.05, 3.63) is 82.3 Å². The summed E-state index contributed by atoms with van der Waals surface area (Å²) < 4.78 is 0. The van der Waals surface area contributed by atoms with E-state index in [1.54, 1.807) is 24.9 Å². The van der Waals surface area contributed by atoms with E-state index in [0.29, 0.717) is 23.9 Å². The summed E-state index contributed by atoms with van der Waals surface area (Å²) in [5.74, 6) is 1.05. The number of hydrogen-bond acceptors (Lipinski definition) is 4. The van der Waals surface area contributed by atoms with Crippen LogP contribution in [0.5, 0.6) is 0 Å². The van der Waals surface area contributed by atoms with Crippen molar-refractivity contribution in [2.45, 2.75) is 34.2 Å². The highest BCUT2D eigenvalue weighted by molar-refractivity contribution is 5.93. The molecule has 0 bridgehead atoms. The van der Waals surface area contributed by atoms with Crippen molar-refractivity contribution < 1.29 is 4.79 Å². The van der Waals surface area contributed by atoms with Gasteiger partial charge >= 0.3 is 0 Å². The van der Waals surface area contributed by atoms with E-state index >= 15 is 0 Å². The number of hydrogen-bond donors (Lipinski definition) is 1. The van der Waals surface area contributed by atoms with Gasteiger partial charge in [-0.2, -0.15) is 0 Å². The van der Waals surface area contributed by atoms with Gasteiger partial charge < -0.3 is 10.2 Å². The minimum Gasteiger partial charge on any atom is -0.340 e. The smallest absolute Gasteiger partial charge is 0.272 e. The molecule has 0 unspecified atom stereocenters. The molecule has 1 heterocycles. The molecular weight excluding hydrogens is 348 g/mol. The highest BCUT2D eigenvalue weighted by atomic mass is 16.2. The Hall–Kier alpha value is -3.21. The van der Waals surface area contributed by atoms with Crippen LogP contribution in [-0.2, 0) is 6.54 Å². The fourth-order valence-corrected chi connectivity index (χ4v) is 3.37. The van der Waals surface area contributed by atoms with Crippen LogP contribution in [0.2, 0.25) is 0 Å². The summed E-state index contributed by atoms with van der Waals surface area (Å²) in [5.41, 5.74) is 5.98. The molecular formula is C23H26N4O. The molecule has 1 amide bonds. The molecule has 5 nitrogen and oxygen atoms in total. The average molecular weight is 374 g/mol. The zero-order chi connectivity index (χ0) is 20.3. The van der Waals surface area contributed by atoms with Crippen molar-refractivity contribution >= 4 is 17.4 Å². The summed E-state index contributed by atoms with van der Waals surface area (Å²) in [6.07, 6.45) is 0. The maximum absolute atomic E-state index is 12.9. The molecule has 1 N–H and O–H groups in total. The van der Waals surface area contributed by atoms with E-state index in [4.69, 9.17) is 0 Å². The van der Waals surface area contributed by atoms with Crippen LogP contribution in [0.4, 0.5) is 11.5 Å². The molecule has 144 valence electrons.